The van der Waals surface area contributed by atoms with Gasteiger partial charge in [0.15, 0.2) is 4.34 Å². The highest BCUT2D eigenvalue weighted by Gasteiger charge is 2.11. The molecule has 2 aromatic rings. The Labute approximate surface area is 128 Å². The molecule has 0 bridgehead atoms. The summed E-state index contributed by atoms with van der Waals surface area (Å²) in [6.07, 6.45) is 0.878. The molecule has 0 amide bonds. The maximum atomic E-state index is 5.94. The maximum absolute atomic E-state index is 5.94. The third-order valence-corrected chi connectivity index (χ3v) is 4.99. The van der Waals surface area contributed by atoms with Crippen molar-refractivity contribution in [2.24, 2.45) is 5.73 Å². The van der Waals surface area contributed by atoms with Crippen LogP contribution in [0.1, 0.15) is 18.1 Å². The number of benzene rings is 1. The van der Waals surface area contributed by atoms with Crippen LogP contribution in [0.2, 0.25) is 0 Å². The Balaban J connectivity index is 2.23. The van der Waals surface area contributed by atoms with Gasteiger partial charge in [-0.15, -0.1) is 10.2 Å². The average molecular weight is 308 g/mol. The van der Waals surface area contributed by atoms with Crippen molar-refractivity contribution in [1.29, 1.82) is 0 Å². The van der Waals surface area contributed by atoms with Gasteiger partial charge in [-0.1, -0.05) is 40.8 Å². The second-order valence-corrected chi connectivity index (χ2v) is 7.38. The quantitative estimate of drug-likeness (QED) is 0.920. The van der Waals surface area contributed by atoms with Crippen LogP contribution in [0.3, 0.4) is 0 Å². The van der Waals surface area contributed by atoms with Gasteiger partial charge in [0.1, 0.15) is 0 Å². The van der Waals surface area contributed by atoms with Gasteiger partial charge in [-0.25, -0.2) is 0 Å². The third kappa shape index (κ3) is 3.94. The predicted octanol–water partition coefficient (Wildman–Crippen LogP) is 2.95. The van der Waals surface area contributed by atoms with Crippen molar-refractivity contribution in [3.8, 4) is 0 Å². The lowest BCUT2D eigenvalue weighted by Gasteiger charge is -2.11. The van der Waals surface area contributed by atoms with Gasteiger partial charge in [-0.3, -0.25) is 0 Å². The van der Waals surface area contributed by atoms with Gasteiger partial charge in [-0.05, 0) is 31.9 Å². The van der Waals surface area contributed by atoms with E-state index in [1.807, 2.05) is 25.9 Å². The van der Waals surface area contributed by atoms with Gasteiger partial charge in [-0.2, -0.15) is 0 Å². The zero-order chi connectivity index (χ0) is 14.7. The Hall–Kier alpha value is -1.11. The van der Waals surface area contributed by atoms with Crippen molar-refractivity contribution in [2.75, 3.05) is 19.0 Å². The molecule has 20 heavy (non-hydrogen) atoms. The lowest BCUT2D eigenvalue weighted by atomic mass is 10.1. The standard InChI is InChI=1S/C14H20N4S2/c1-9-5-6-12(11(7-9)8-10(2)15)19-14-17-16-13(20-14)18(3)4/h5-7,10H,8,15H2,1-4H3. The van der Waals surface area contributed by atoms with E-state index in [1.54, 1.807) is 23.1 Å². The van der Waals surface area contributed by atoms with Crippen molar-refractivity contribution >= 4 is 28.2 Å². The Morgan fingerprint density at radius 2 is 2.10 bits per heavy atom. The lowest BCUT2D eigenvalue weighted by molar-refractivity contribution is 0.729. The van der Waals surface area contributed by atoms with Crippen molar-refractivity contribution in [3.05, 3.63) is 29.3 Å². The second-order valence-electron chi connectivity index (χ2n) is 5.14. The molecule has 4 nitrogen and oxygen atoms in total. The molecule has 0 aliphatic rings. The molecule has 1 heterocycles. The first kappa shape index (κ1) is 15.3. The van der Waals surface area contributed by atoms with Crippen LogP contribution < -0.4 is 10.6 Å². The van der Waals surface area contributed by atoms with Crippen molar-refractivity contribution in [1.82, 2.24) is 10.2 Å². The first-order valence-corrected chi connectivity index (χ1v) is 8.13. The van der Waals surface area contributed by atoms with Crippen LogP contribution in [0.15, 0.2) is 27.4 Å². The number of nitrogens with zero attached hydrogens (tertiary/aromatic N) is 3. The summed E-state index contributed by atoms with van der Waals surface area (Å²) in [5.41, 5.74) is 8.48. The SMILES string of the molecule is Cc1ccc(Sc2nnc(N(C)C)s2)c(CC(C)N)c1. The molecule has 0 aliphatic carbocycles. The van der Waals surface area contributed by atoms with Gasteiger partial charge < -0.3 is 10.6 Å². The van der Waals surface area contributed by atoms with E-state index in [0.717, 1.165) is 15.9 Å². The molecule has 1 unspecified atom stereocenters. The van der Waals surface area contributed by atoms with E-state index in [9.17, 15) is 0 Å². The van der Waals surface area contributed by atoms with Crippen LogP contribution in [0.25, 0.3) is 0 Å². The normalized spacial score (nSPS) is 12.4. The van der Waals surface area contributed by atoms with E-state index in [-0.39, 0.29) is 6.04 Å². The molecule has 0 radical (unpaired) electrons. The van der Waals surface area contributed by atoms with Gasteiger partial charge in [0.2, 0.25) is 5.13 Å². The summed E-state index contributed by atoms with van der Waals surface area (Å²) in [5, 5.41) is 9.33. The first-order valence-electron chi connectivity index (χ1n) is 6.49. The average Bonchev–Trinajstić information content (AvgIpc) is 2.80. The zero-order valence-electron chi connectivity index (χ0n) is 12.3. The summed E-state index contributed by atoms with van der Waals surface area (Å²) in [7, 11) is 3.95. The minimum Gasteiger partial charge on any atom is -0.353 e. The molecule has 2 rings (SSSR count). The van der Waals surface area contributed by atoms with Crippen molar-refractivity contribution in [2.45, 2.75) is 35.5 Å². The summed E-state index contributed by atoms with van der Waals surface area (Å²) in [6.45, 7) is 4.14. The number of aryl methyl sites for hydroxylation is 1. The van der Waals surface area contributed by atoms with Crippen molar-refractivity contribution in [3.63, 3.8) is 0 Å². The summed E-state index contributed by atoms with van der Waals surface area (Å²) < 4.78 is 0.962. The highest BCUT2D eigenvalue weighted by atomic mass is 32.2. The fourth-order valence-corrected chi connectivity index (χ4v) is 3.67. The smallest absolute Gasteiger partial charge is 0.208 e. The van der Waals surface area contributed by atoms with Gasteiger partial charge in [0, 0.05) is 25.0 Å². The Morgan fingerprint density at radius 3 is 2.70 bits per heavy atom. The highest BCUT2D eigenvalue weighted by Crippen LogP contribution is 2.35. The molecule has 0 fully saturated rings. The van der Waals surface area contributed by atoms with E-state index < -0.39 is 0 Å². The van der Waals surface area contributed by atoms with E-state index in [4.69, 9.17) is 5.73 Å². The van der Waals surface area contributed by atoms with Crippen LogP contribution >= 0.6 is 23.1 Å². The van der Waals surface area contributed by atoms with Crippen molar-refractivity contribution < 1.29 is 0 Å². The Bertz CT molecular complexity index is 578. The van der Waals surface area contributed by atoms with Crippen LogP contribution in [0.4, 0.5) is 5.13 Å². The van der Waals surface area contributed by atoms with E-state index in [2.05, 4.69) is 35.3 Å². The maximum Gasteiger partial charge on any atom is 0.208 e. The first-order chi connectivity index (χ1) is 9.45. The third-order valence-electron chi connectivity index (χ3n) is 2.73. The van der Waals surface area contributed by atoms with Crippen LogP contribution in [0, 0.1) is 6.92 Å². The Morgan fingerprint density at radius 1 is 1.35 bits per heavy atom. The topological polar surface area (TPSA) is 55.0 Å². The number of anilines is 1. The number of hydrogen-bond donors (Lipinski definition) is 1. The molecular weight excluding hydrogens is 288 g/mol. The molecular formula is C14H20N4S2. The molecule has 6 heteroatoms. The summed E-state index contributed by atoms with van der Waals surface area (Å²) >= 11 is 3.27. The number of rotatable bonds is 5. The van der Waals surface area contributed by atoms with E-state index in [0.29, 0.717) is 0 Å². The second kappa shape index (κ2) is 6.56. The molecule has 0 spiro atoms. The largest absolute Gasteiger partial charge is 0.353 e. The summed E-state index contributed by atoms with van der Waals surface area (Å²) in [6, 6.07) is 6.64. The van der Waals surface area contributed by atoms with Crippen LogP contribution in [-0.2, 0) is 6.42 Å². The molecule has 1 aromatic heterocycles. The van der Waals surface area contributed by atoms with Crippen LogP contribution in [-0.4, -0.2) is 30.3 Å². The van der Waals surface area contributed by atoms with Gasteiger partial charge in [0.05, 0.1) is 0 Å². The monoisotopic (exact) mass is 308 g/mol. The molecule has 1 aromatic carbocycles. The van der Waals surface area contributed by atoms with E-state index in [1.165, 1.54) is 16.0 Å². The van der Waals surface area contributed by atoms with E-state index >= 15 is 0 Å². The van der Waals surface area contributed by atoms with Gasteiger partial charge in [0.25, 0.3) is 0 Å². The molecule has 108 valence electrons. The van der Waals surface area contributed by atoms with Gasteiger partial charge >= 0.3 is 0 Å². The predicted molar refractivity (Wildman–Crippen MR) is 86.9 cm³/mol. The molecule has 0 saturated heterocycles. The summed E-state index contributed by atoms with van der Waals surface area (Å²) in [5.74, 6) is 0. The minimum absolute atomic E-state index is 0.155. The fraction of sp³-hybridized carbons (Fsp3) is 0.429. The number of aromatic nitrogens is 2. The molecule has 1 atom stereocenters. The Kier molecular flexibility index (Phi) is 5.01. The number of nitrogens with two attached hydrogens (primary N) is 1. The fourth-order valence-electron chi connectivity index (χ4n) is 1.83. The number of hydrogen-bond acceptors (Lipinski definition) is 6. The minimum atomic E-state index is 0.155. The lowest BCUT2D eigenvalue weighted by Crippen LogP contribution is -2.18. The highest BCUT2D eigenvalue weighted by molar-refractivity contribution is 8.01. The molecule has 0 aliphatic heterocycles. The molecule has 2 N–H and O–H groups in total. The summed E-state index contributed by atoms with van der Waals surface area (Å²) in [4.78, 5) is 3.19. The molecule has 0 saturated carbocycles. The van der Waals surface area contributed by atoms with Crippen LogP contribution in [0.5, 0.6) is 0 Å². The zero-order valence-corrected chi connectivity index (χ0v) is 13.9.